The highest BCUT2D eigenvalue weighted by molar-refractivity contribution is 7.15. The van der Waals surface area contributed by atoms with E-state index in [4.69, 9.17) is 0 Å². The van der Waals surface area contributed by atoms with Crippen molar-refractivity contribution >= 4 is 22.3 Å². The van der Waals surface area contributed by atoms with Gasteiger partial charge in [-0.1, -0.05) is 12.1 Å². The van der Waals surface area contributed by atoms with Gasteiger partial charge in [-0.15, -0.1) is 11.3 Å². The van der Waals surface area contributed by atoms with Crippen molar-refractivity contribution < 1.29 is 14.3 Å². The number of carbonyl (C=O) groups is 1. The molecule has 1 aromatic carbocycles. The number of nitrogens with zero attached hydrogens (tertiary/aromatic N) is 2. The molecule has 0 aliphatic heterocycles. The van der Waals surface area contributed by atoms with Crippen LogP contribution >= 0.6 is 11.3 Å². The van der Waals surface area contributed by atoms with Crippen LogP contribution in [0, 0.1) is 5.82 Å². The molecule has 2 aromatic heterocycles. The Morgan fingerprint density at radius 1 is 1.43 bits per heavy atom. The fraction of sp³-hybridized carbons (Fsp3) is 0.200. The fourth-order valence-corrected chi connectivity index (χ4v) is 2.83. The van der Waals surface area contributed by atoms with Crippen molar-refractivity contribution in [3.8, 4) is 0 Å². The van der Waals surface area contributed by atoms with E-state index in [1.54, 1.807) is 6.07 Å². The second-order valence-corrected chi connectivity index (χ2v) is 5.83. The Hall–Kier alpha value is -2.45. The number of halogens is 1. The fourth-order valence-electron chi connectivity index (χ4n) is 2.12. The summed E-state index contributed by atoms with van der Waals surface area (Å²) in [5.41, 5.74) is 1.16. The van der Waals surface area contributed by atoms with Crippen LogP contribution in [0.4, 0.5) is 9.18 Å². The van der Waals surface area contributed by atoms with E-state index in [0.717, 1.165) is 10.7 Å². The van der Waals surface area contributed by atoms with E-state index in [1.807, 2.05) is 22.2 Å². The number of imidazole rings is 1. The van der Waals surface area contributed by atoms with E-state index in [2.05, 4.69) is 15.6 Å². The number of benzene rings is 1. The number of carbonyl (C=O) groups excluding carboxylic acids is 1. The first kappa shape index (κ1) is 15.4. The summed E-state index contributed by atoms with van der Waals surface area (Å²) in [5, 5.41) is 17.1. The zero-order chi connectivity index (χ0) is 16.2. The summed E-state index contributed by atoms with van der Waals surface area (Å²) < 4.78 is 15.0. The molecule has 1 atom stereocenters. The van der Waals surface area contributed by atoms with Crippen LogP contribution in [-0.4, -0.2) is 27.1 Å². The first-order valence-electron chi connectivity index (χ1n) is 6.98. The molecule has 0 saturated carbocycles. The van der Waals surface area contributed by atoms with E-state index in [9.17, 15) is 14.3 Å². The molecule has 0 aliphatic rings. The molecule has 0 saturated heterocycles. The highest BCUT2D eigenvalue weighted by atomic mass is 32.1. The van der Waals surface area contributed by atoms with E-state index in [1.165, 1.54) is 29.5 Å². The molecule has 0 radical (unpaired) electrons. The zero-order valence-electron chi connectivity index (χ0n) is 12.1. The van der Waals surface area contributed by atoms with Gasteiger partial charge in [0.15, 0.2) is 4.96 Å². The number of aliphatic hydroxyl groups is 1. The smallest absolute Gasteiger partial charge is 0.315 e. The molecule has 8 heteroatoms. The van der Waals surface area contributed by atoms with Crippen molar-refractivity contribution in [2.24, 2.45) is 0 Å². The van der Waals surface area contributed by atoms with Crippen LogP contribution in [0.25, 0.3) is 4.96 Å². The van der Waals surface area contributed by atoms with Crippen molar-refractivity contribution in [3.63, 3.8) is 0 Å². The van der Waals surface area contributed by atoms with Gasteiger partial charge in [0.05, 0.1) is 18.3 Å². The van der Waals surface area contributed by atoms with Crippen molar-refractivity contribution in [1.82, 2.24) is 20.0 Å². The van der Waals surface area contributed by atoms with Crippen LogP contribution in [0.2, 0.25) is 0 Å². The summed E-state index contributed by atoms with van der Waals surface area (Å²) in [6.45, 7) is 0.282. The lowest BCUT2D eigenvalue weighted by molar-refractivity contribution is 0.172. The summed E-state index contributed by atoms with van der Waals surface area (Å²) in [4.78, 5) is 16.9. The molecular formula is C15H15FN4O2S. The van der Waals surface area contributed by atoms with Gasteiger partial charge in [0.1, 0.15) is 5.82 Å². The summed E-state index contributed by atoms with van der Waals surface area (Å²) in [7, 11) is 0. The van der Waals surface area contributed by atoms with Gasteiger partial charge >= 0.3 is 6.03 Å². The Kier molecular flexibility index (Phi) is 4.54. The number of urea groups is 1. The Morgan fingerprint density at radius 3 is 3.09 bits per heavy atom. The van der Waals surface area contributed by atoms with Crippen LogP contribution in [0.5, 0.6) is 0 Å². The van der Waals surface area contributed by atoms with Crippen molar-refractivity contribution in [1.29, 1.82) is 0 Å². The topological polar surface area (TPSA) is 78.7 Å². The highest BCUT2D eigenvalue weighted by Crippen LogP contribution is 2.13. The van der Waals surface area contributed by atoms with Gasteiger partial charge in [0.2, 0.25) is 0 Å². The minimum absolute atomic E-state index is 0.00638. The van der Waals surface area contributed by atoms with Crippen LogP contribution in [0.15, 0.2) is 42.0 Å². The second kappa shape index (κ2) is 6.76. The van der Waals surface area contributed by atoms with Crippen LogP contribution in [0.1, 0.15) is 17.4 Å². The number of amides is 2. The van der Waals surface area contributed by atoms with Crippen LogP contribution in [-0.2, 0) is 6.54 Å². The molecule has 6 nitrogen and oxygen atoms in total. The summed E-state index contributed by atoms with van der Waals surface area (Å²) in [6.07, 6.45) is 2.77. The van der Waals surface area contributed by atoms with E-state index < -0.39 is 18.0 Å². The average Bonchev–Trinajstić information content (AvgIpc) is 3.11. The molecule has 3 aromatic rings. The van der Waals surface area contributed by atoms with Gasteiger partial charge in [0, 0.05) is 24.3 Å². The minimum atomic E-state index is -0.964. The van der Waals surface area contributed by atoms with Gasteiger partial charge in [-0.3, -0.25) is 4.40 Å². The molecule has 0 aliphatic carbocycles. The molecule has 0 spiro atoms. The predicted octanol–water partition coefficient (Wildman–Crippen LogP) is 2.07. The van der Waals surface area contributed by atoms with Crippen molar-refractivity contribution in [3.05, 3.63) is 59.1 Å². The van der Waals surface area contributed by atoms with Gasteiger partial charge in [0.25, 0.3) is 0 Å². The van der Waals surface area contributed by atoms with Crippen LogP contribution in [0.3, 0.4) is 0 Å². The van der Waals surface area contributed by atoms with E-state index in [0.29, 0.717) is 5.56 Å². The Bertz CT molecular complexity index is 788. The first-order chi connectivity index (χ1) is 11.1. The molecular weight excluding hydrogens is 319 g/mol. The predicted molar refractivity (Wildman–Crippen MR) is 84.7 cm³/mol. The van der Waals surface area contributed by atoms with Gasteiger partial charge in [-0.05, 0) is 17.7 Å². The minimum Gasteiger partial charge on any atom is -0.387 e. The van der Waals surface area contributed by atoms with Gasteiger partial charge in [-0.2, -0.15) is 0 Å². The number of fused-ring (bicyclic) bond motifs is 1. The maximum Gasteiger partial charge on any atom is 0.315 e. The molecule has 23 heavy (non-hydrogen) atoms. The number of aromatic nitrogens is 2. The normalized spacial score (nSPS) is 12.3. The van der Waals surface area contributed by atoms with Crippen LogP contribution < -0.4 is 10.6 Å². The Balaban J connectivity index is 1.46. The third kappa shape index (κ3) is 3.85. The molecule has 0 bridgehead atoms. The van der Waals surface area contributed by atoms with E-state index >= 15 is 0 Å². The molecule has 0 fully saturated rings. The standard InChI is InChI=1S/C15H15FN4O2S/c16-11-3-1-2-10(6-11)13(21)8-18-14(22)17-7-12-9-20-4-5-23-15(20)19-12/h1-6,9,13,21H,7-8H2,(H2,17,18,22). The average molecular weight is 334 g/mol. The highest BCUT2D eigenvalue weighted by Gasteiger charge is 2.10. The van der Waals surface area contributed by atoms with Crippen molar-refractivity contribution in [2.45, 2.75) is 12.6 Å². The molecule has 3 rings (SSSR count). The quantitative estimate of drug-likeness (QED) is 0.668. The number of thiazole rings is 1. The van der Waals surface area contributed by atoms with Gasteiger partial charge < -0.3 is 15.7 Å². The Morgan fingerprint density at radius 2 is 2.30 bits per heavy atom. The SMILES string of the molecule is O=C(NCc1cn2ccsc2n1)NCC(O)c1cccc(F)c1. The molecule has 3 N–H and O–H groups in total. The lowest BCUT2D eigenvalue weighted by Gasteiger charge is -2.12. The summed E-state index contributed by atoms with van der Waals surface area (Å²) in [6, 6.07) is 5.23. The molecule has 1 unspecified atom stereocenters. The zero-order valence-corrected chi connectivity index (χ0v) is 12.9. The molecule has 2 amide bonds. The monoisotopic (exact) mass is 334 g/mol. The summed E-state index contributed by atoms with van der Waals surface area (Å²) in [5.74, 6) is -0.425. The number of hydrogen-bond donors (Lipinski definition) is 3. The first-order valence-corrected chi connectivity index (χ1v) is 7.86. The maximum absolute atomic E-state index is 13.1. The largest absolute Gasteiger partial charge is 0.387 e. The Labute approximate surface area is 135 Å². The lowest BCUT2D eigenvalue weighted by Crippen LogP contribution is -2.37. The maximum atomic E-state index is 13.1. The van der Waals surface area contributed by atoms with E-state index in [-0.39, 0.29) is 13.1 Å². The number of rotatable bonds is 5. The summed E-state index contributed by atoms with van der Waals surface area (Å²) >= 11 is 1.52. The van der Waals surface area contributed by atoms with Crippen molar-refractivity contribution in [2.75, 3.05) is 6.54 Å². The molecule has 120 valence electrons. The number of aliphatic hydroxyl groups excluding tert-OH is 1. The second-order valence-electron chi connectivity index (χ2n) is 4.96. The van der Waals surface area contributed by atoms with Gasteiger partial charge in [-0.25, -0.2) is 14.2 Å². The lowest BCUT2D eigenvalue weighted by atomic mass is 10.1. The number of nitrogens with one attached hydrogen (secondary N) is 2. The third-order valence-corrected chi connectivity index (χ3v) is 4.03. The third-order valence-electron chi connectivity index (χ3n) is 3.26. The molecule has 2 heterocycles. The number of hydrogen-bond acceptors (Lipinski definition) is 4.